The largest absolute Gasteiger partial charge is 0.423 e. The van der Waals surface area contributed by atoms with Crippen LogP contribution in [-0.2, 0) is 6.42 Å². The first-order chi connectivity index (χ1) is 8.22. The molecular weight excluding hydrogens is 214 g/mol. The maximum Gasteiger partial charge on any atom is 0.236 e. The van der Waals surface area contributed by atoms with Crippen molar-refractivity contribution in [2.45, 2.75) is 20.3 Å². The van der Waals surface area contributed by atoms with E-state index >= 15 is 0 Å². The third-order valence-electron chi connectivity index (χ3n) is 2.39. The lowest BCUT2D eigenvalue weighted by molar-refractivity contribution is 0.516. The van der Waals surface area contributed by atoms with E-state index in [-0.39, 0.29) is 0 Å². The Labute approximate surface area is 99.9 Å². The number of rotatable bonds is 3. The highest BCUT2D eigenvalue weighted by Crippen LogP contribution is 2.22. The number of anilines is 2. The van der Waals surface area contributed by atoms with Crippen molar-refractivity contribution in [2.75, 3.05) is 5.32 Å². The number of aryl methyl sites for hydroxylation is 2. The number of hydrogen-bond acceptors (Lipinski definition) is 4. The van der Waals surface area contributed by atoms with Crippen LogP contribution in [0.1, 0.15) is 24.1 Å². The number of benzene rings is 1. The number of nitriles is 1. The van der Waals surface area contributed by atoms with E-state index in [2.05, 4.69) is 10.3 Å². The summed E-state index contributed by atoms with van der Waals surface area (Å²) in [4.78, 5) is 4.07. The van der Waals surface area contributed by atoms with Gasteiger partial charge in [0.15, 0.2) is 5.89 Å². The van der Waals surface area contributed by atoms with Crippen molar-refractivity contribution in [3.8, 4) is 6.07 Å². The highest BCUT2D eigenvalue weighted by Gasteiger charge is 2.11. The van der Waals surface area contributed by atoms with Gasteiger partial charge in [-0.05, 0) is 19.1 Å². The van der Waals surface area contributed by atoms with Crippen molar-refractivity contribution in [1.82, 2.24) is 4.98 Å². The molecule has 1 aromatic carbocycles. The molecule has 0 aliphatic heterocycles. The molecule has 1 heterocycles. The SMILES string of the molecule is CCc1nc(C#N)c(Nc2ccc(C)cc2)o1. The summed E-state index contributed by atoms with van der Waals surface area (Å²) >= 11 is 0. The van der Waals surface area contributed by atoms with Crippen LogP contribution in [0.15, 0.2) is 28.7 Å². The first-order valence-electron chi connectivity index (χ1n) is 5.46. The zero-order valence-corrected chi connectivity index (χ0v) is 9.82. The molecule has 0 bridgehead atoms. The van der Waals surface area contributed by atoms with Crippen LogP contribution >= 0.6 is 0 Å². The van der Waals surface area contributed by atoms with E-state index in [1.807, 2.05) is 44.2 Å². The van der Waals surface area contributed by atoms with Crippen LogP contribution in [0.4, 0.5) is 11.6 Å². The quantitative estimate of drug-likeness (QED) is 0.874. The number of hydrogen-bond donors (Lipinski definition) is 1. The molecule has 1 N–H and O–H groups in total. The summed E-state index contributed by atoms with van der Waals surface area (Å²) in [7, 11) is 0. The van der Waals surface area contributed by atoms with Gasteiger partial charge in [0.2, 0.25) is 11.6 Å². The van der Waals surface area contributed by atoms with E-state index in [9.17, 15) is 0 Å². The average molecular weight is 227 g/mol. The second-order valence-electron chi connectivity index (χ2n) is 3.74. The molecule has 0 amide bonds. The van der Waals surface area contributed by atoms with Gasteiger partial charge in [0, 0.05) is 12.1 Å². The first-order valence-corrected chi connectivity index (χ1v) is 5.46. The summed E-state index contributed by atoms with van der Waals surface area (Å²) in [6.07, 6.45) is 0.671. The third kappa shape index (κ3) is 2.45. The molecule has 86 valence electrons. The molecule has 0 spiro atoms. The van der Waals surface area contributed by atoms with Crippen molar-refractivity contribution in [1.29, 1.82) is 5.26 Å². The number of nitrogens with zero attached hydrogens (tertiary/aromatic N) is 2. The maximum absolute atomic E-state index is 8.94. The van der Waals surface area contributed by atoms with E-state index in [1.165, 1.54) is 5.56 Å². The minimum Gasteiger partial charge on any atom is -0.423 e. The van der Waals surface area contributed by atoms with Crippen LogP contribution in [0.3, 0.4) is 0 Å². The van der Waals surface area contributed by atoms with Gasteiger partial charge in [0.05, 0.1) is 0 Å². The van der Waals surface area contributed by atoms with Gasteiger partial charge < -0.3 is 9.73 Å². The van der Waals surface area contributed by atoms with Crippen molar-refractivity contribution in [2.24, 2.45) is 0 Å². The summed E-state index contributed by atoms with van der Waals surface area (Å²) in [5, 5.41) is 12.0. The van der Waals surface area contributed by atoms with Gasteiger partial charge in [0.25, 0.3) is 0 Å². The molecule has 1 aromatic heterocycles. The van der Waals surface area contributed by atoms with E-state index < -0.39 is 0 Å². The molecule has 17 heavy (non-hydrogen) atoms. The zero-order chi connectivity index (χ0) is 12.3. The minimum absolute atomic E-state index is 0.294. The van der Waals surface area contributed by atoms with Crippen LogP contribution in [0, 0.1) is 18.3 Å². The fraction of sp³-hybridized carbons (Fsp3) is 0.231. The van der Waals surface area contributed by atoms with Crippen molar-refractivity contribution in [3.63, 3.8) is 0 Å². The zero-order valence-electron chi connectivity index (χ0n) is 9.82. The van der Waals surface area contributed by atoms with Gasteiger partial charge in [-0.15, -0.1) is 0 Å². The summed E-state index contributed by atoms with van der Waals surface area (Å²) in [6.45, 7) is 3.96. The third-order valence-corrected chi connectivity index (χ3v) is 2.39. The number of aromatic nitrogens is 1. The summed E-state index contributed by atoms with van der Waals surface area (Å²) in [5.41, 5.74) is 2.36. The second-order valence-corrected chi connectivity index (χ2v) is 3.74. The molecule has 0 aliphatic carbocycles. The van der Waals surface area contributed by atoms with Gasteiger partial charge in [0.1, 0.15) is 6.07 Å². The highest BCUT2D eigenvalue weighted by molar-refractivity contribution is 5.59. The Morgan fingerprint density at radius 2 is 2.06 bits per heavy atom. The maximum atomic E-state index is 8.94. The van der Waals surface area contributed by atoms with Gasteiger partial charge in [-0.3, -0.25) is 0 Å². The molecule has 0 radical (unpaired) electrons. The highest BCUT2D eigenvalue weighted by atomic mass is 16.4. The molecule has 0 fully saturated rings. The predicted molar refractivity (Wildman–Crippen MR) is 65.1 cm³/mol. The van der Waals surface area contributed by atoms with Crippen LogP contribution in [-0.4, -0.2) is 4.98 Å². The predicted octanol–water partition coefficient (Wildman–Crippen LogP) is 3.16. The smallest absolute Gasteiger partial charge is 0.236 e. The number of nitrogens with one attached hydrogen (secondary N) is 1. The topological polar surface area (TPSA) is 61.9 Å². The lowest BCUT2D eigenvalue weighted by Gasteiger charge is -2.02. The van der Waals surface area contributed by atoms with Crippen LogP contribution in [0.2, 0.25) is 0 Å². The Hall–Kier alpha value is -2.28. The molecule has 2 rings (SSSR count). The molecule has 0 unspecified atom stereocenters. The van der Waals surface area contributed by atoms with E-state index in [4.69, 9.17) is 9.68 Å². The van der Waals surface area contributed by atoms with Crippen LogP contribution in [0.5, 0.6) is 0 Å². The van der Waals surface area contributed by atoms with Crippen molar-refractivity contribution >= 4 is 11.6 Å². The second kappa shape index (κ2) is 4.71. The molecule has 2 aromatic rings. The standard InChI is InChI=1S/C13H13N3O/c1-3-12-16-11(8-14)13(17-12)15-10-6-4-9(2)5-7-10/h4-7,15H,3H2,1-2H3. The Kier molecular flexibility index (Phi) is 3.10. The monoisotopic (exact) mass is 227 g/mol. The van der Waals surface area contributed by atoms with Crippen molar-refractivity contribution < 1.29 is 4.42 Å². The van der Waals surface area contributed by atoms with Gasteiger partial charge >= 0.3 is 0 Å². The molecule has 0 aliphatic rings. The fourth-order valence-corrected chi connectivity index (χ4v) is 1.44. The lowest BCUT2D eigenvalue weighted by Crippen LogP contribution is -1.90. The molecule has 0 atom stereocenters. The average Bonchev–Trinajstić information content (AvgIpc) is 2.74. The van der Waals surface area contributed by atoms with Gasteiger partial charge in [-0.2, -0.15) is 5.26 Å². The van der Waals surface area contributed by atoms with Crippen LogP contribution < -0.4 is 5.32 Å². The first kappa shape index (κ1) is 11.2. The molecule has 4 nitrogen and oxygen atoms in total. The lowest BCUT2D eigenvalue weighted by atomic mass is 10.2. The molecule has 4 heteroatoms. The van der Waals surface area contributed by atoms with E-state index in [0.717, 1.165) is 5.69 Å². The van der Waals surface area contributed by atoms with E-state index in [0.29, 0.717) is 23.9 Å². The van der Waals surface area contributed by atoms with Crippen molar-refractivity contribution in [3.05, 3.63) is 41.4 Å². The normalized spacial score (nSPS) is 9.94. The van der Waals surface area contributed by atoms with Crippen LogP contribution in [0.25, 0.3) is 0 Å². The minimum atomic E-state index is 0.294. The summed E-state index contributed by atoms with van der Waals surface area (Å²) in [6, 6.07) is 9.87. The Bertz CT molecular complexity index is 549. The molecular formula is C13H13N3O. The summed E-state index contributed by atoms with van der Waals surface area (Å²) in [5.74, 6) is 0.976. The van der Waals surface area contributed by atoms with E-state index in [1.54, 1.807) is 0 Å². The number of oxazole rings is 1. The molecule has 0 saturated carbocycles. The Morgan fingerprint density at radius 3 is 2.65 bits per heavy atom. The Balaban J connectivity index is 2.26. The van der Waals surface area contributed by atoms with Gasteiger partial charge in [-0.1, -0.05) is 24.6 Å². The fourth-order valence-electron chi connectivity index (χ4n) is 1.44. The van der Waals surface area contributed by atoms with Gasteiger partial charge in [-0.25, -0.2) is 4.98 Å². The molecule has 0 saturated heterocycles. The summed E-state index contributed by atoms with van der Waals surface area (Å²) < 4.78 is 5.44. The Morgan fingerprint density at radius 1 is 1.35 bits per heavy atom.